The van der Waals surface area contributed by atoms with Gasteiger partial charge in [0.2, 0.25) is 15.9 Å². The Morgan fingerprint density at radius 3 is 2.29 bits per heavy atom. The van der Waals surface area contributed by atoms with Crippen molar-refractivity contribution in [3.05, 3.63) is 30.3 Å². The summed E-state index contributed by atoms with van der Waals surface area (Å²) < 4.78 is 26.4. The van der Waals surface area contributed by atoms with Crippen molar-refractivity contribution in [3.8, 4) is 0 Å². The molecular weight excluding hydrogens is 288 g/mol. The minimum Gasteiger partial charge on any atom is -0.340 e. The maximum absolute atomic E-state index is 12.5. The van der Waals surface area contributed by atoms with Gasteiger partial charge in [-0.15, -0.1) is 0 Å². The first-order valence-electron chi connectivity index (χ1n) is 7.38. The summed E-state index contributed by atoms with van der Waals surface area (Å²) in [5.74, 6) is 0.133. The first kappa shape index (κ1) is 16.0. The van der Waals surface area contributed by atoms with Gasteiger partial charge in [-0.3, -0.25) is 4.79 Å². The molecule has 5 nitrogen and oxygen atoms in total. The summed E-state index contributed by atoms with van der Waals surface area (Å²) >= 11 is 0. The van der Waals surface area contributed by atoms with Crippen molar-refractivity contribution in [3.63, 3.8) is 0 Å². The van der Waals surface area contributed by atoms with Crippen molar-refractivity contribution in [1.82, 2.24) is 9.21 Å². The normalized spacial score (nSPS) is 16.9. The number of benzene rings is 1. The second-order valence-electron chi connectivity index (χ2n) is 5.20. The van der Waals surface area contributed by atoms with Gasteiger partial charge >= 0.3 is 0 Å². The molecule has 1 amide bonds. The van der Waals surface area contributed by atoms with Gasteiger partial charge in [0, 0.05) is 32.6 Å². The number of amides is 1. The minimum absolute atomic E-state index is 0.133. The quantitative estimate of drug-likeness (QED) is 0.832. The standard InChI is InChI=1S/C15H22N2O3S/c1-2-3-9-15(18)16-10-12-17(13-11-16)21(19,20)14-7-5-4-6-8-14/h4-8H,2-3,9-13H2,1H3. The van der Waals surface area contributed by atoms with E-state index in [1.54, 1.807) is 35.2 Å². The molecule has 1 fully saturated rings. The van der Waals surface area contributed by atoms with Crippen LogP contribution in [0.15, 0.2) is 35.2 Å². The van der Waals surface area contributed by atoms with Crippen LogP contribution in [0.25, 0.3) is 0 Å². The highest BCUT2D eigenvalue weighted by atomic mass is 32.2. The molecule has 1 heterocycles. The molecule has 116 valence electrons. The molecule has 6 heteroatoms. The fourth-order valence-electron chi connectivity index (χ4n) is 2.41. The van der Waals surface area contributed by atoms with Crippen LogP contribution < -0.4 is 0 Å². The summed E-state index contributed by atoms with van der Waals surface area (Å²) in [5.41, 5.74) is 0. The van der Waals surface area contributed by atoms with Gasteiger partial charge in [0.05, 0.1) is 4.90 Å². The molecule has 0 bridgehead atoms. The van der Waals surface area contributed by atoms with E-state index in [1.165, 1.54) is 4.31 Å². The summed E-state index contributed by atoms with van der Waals surface area (Å²) in [6.07, 6.45) is 2.44. The van der Waals surface area contributed by atoms with Crippen molar-refractivity contribution in [2.45, 2.75) is 31.1 Å². The molecule has 1 aromatic carbocycles. The third-order valence-electron chi connectivity index (χ3n) is 3.72. The van der Waals surface area contributed by atoms with E-state index in [9.17, 15) is 13.2 Å². The lowest BCUT2D eigenvalue weighted by Crippen LogP contribution is -2.50. The van der Waals surface area contributed by atoms with Crippen LogP contribution in [0.5, 0.6) is 0 Å². The van der Waals surface area contributed by atoms with Crippen molar-refractivity contribution in [2.24, 2.45) is 0 Å². The third kappa shape index (κ3) is 3.83. The van der Waals surface area contributed by atoms with Gasteiger partial charge < -0.3 is 4.90 Å². The molecule has 1 aromatic rings. The molecular formula is C15H22N2O3S. The number of unbranched alkanes of at least 4 members (excludes halogenated alkanes) is 1. The molecule has 0 radical (unpaired) electrons. The molecule has 0 saturated carbocycles. The Morgan fingerprint density at radius 2 is 1.71 bits per heavy atom. The molecule has 0 unspecified atom stereocenters. The summed E-state index contributed by atoms with van der Waals surface area (Å²) in [5, 5.41) is 0. The molecule has 0 atom stereocenters. The van der Waals surface area contributed by atoms with E-state index in [4.69, 9.17) is 0 Å². The Hall–Kier alpha value is -1.40. The predicted molar refractivity (Wildman–Crippen MR) is 81.3 cm³/mol. The highest BCUT2D eigenvalue weighted by Gasteiger charge is 2.29. The van der Waals surface area contributed by atoms with E-state index < -0.39 is 10.0 Å². The Morgan fingerprint density at radius 1 is 1.10 bits per heavy atom. The number of carbonyl (C=O) groups excluding carboxylic acids is 1. The summed E-state index contributed by atoms with van der Waals surface area (Å²) in [6, 6.07) is 8.44. The number of nitrogens with zero attached hydrogens (tertiary/aromatic N) is 2. The second-order valence-corrected chi connectivity index (χ2v) is 7.14. The molecule has 2 rings (SSSR count). The first-order valence-corrected chi connectivity index (χ1v) is 8.82. The fraction of sp³-hybridized carbons (Fsp3) is 0.533. The molecule has 0 aliphatic carbocycles. The number of hydrogen-bond acceptors (Lipinski definition) is 3. The van der Waals surface area contributed by atoms with Gasteiger partial charge in [0.25, 0.3) is 0 Å². The second kappa shape index (κ2) is 7.04. The van der Waals surface area contributed by atoms with Crippen LogP contribution in [-0.4, -0.2) is 49.7 Å². The Kier molecular flexibility index (Phi) is 5.36. The Balaban J connectivity index is 1.96. The van der Waals surface area contributed by atoms with E-state index in [0.29, 0.717) is 37.5 Å². The number of carbonyl (C=O) groups is 1. The molecule has 1 saturated heterocycles. The number of piperazine rings is 1. The van der Waals surface area contributed by atoms with Crippen molar-refractivity contribution >= 4 is 15.9 Å². The average Bonchev–Trinajstić information content (AvgIpc) is 2.53. The average molecular weight is 310 g/mol. The molecule has 0 aromatic heterocycles. The largest absolute Gasteiger partial charge is 0.340 e. The summed E-state index contributed by atoms with van der Waals surface area (Å²) in [7, 11) is -3.43. The van der Waals surface area contributed by atoms with Crippen LogP contribution in [0.3, 0.4) is 0 Å². The number of hydrogen-bond donors (Lipinski definition) is 0. The fourth-order valence-corrected chi connectivity index (χ4v) is 3.85. The van der Waals surface area contributed by atoms with Crippen molar-refractivity contribution in [2.75, 3.05) is 26.2 Å². The Bertz CT molecular complexity index is 564. The highest BCUT2D eigenvalue weighted by molar-refractivity contribution is 7.89. The van der Waals surface area contributed by atoms with E-state index >= 15 is 0 Å². The van der Waals surface area contributed by atoms with Crippen LogP contribution in [0.4, 0.5) is 0 Å². The topological polar surface area (TPSA) is 57.7 Å². The van der Waals surface area contributed by atoms with Crippen molar-refractivity contribution in [1.29, 1.82) is 0 Å². The molecule has 0 N–H and O–H groups in total. The molecule has 1 aliphatic rings. The lowest BCUT2D eigenvalue weighted by atomic mass is 10.2. The van der Waals surface area contributed by atoms with Gasteiger partial charge in [0.15, 0.2) is 0 Å². The molecule has 0 spiro atoms. The van der Waals surface area contributed by atoms with Gasteiger partial charge in [0.1, 0.15) is 0 Å². The van der Waals surface area contributed by atoms with Gasteiger partial charge in [-0.25, -0.2) is 8.42 Å². The smallest absolute Gasteiger partial charge is 0.243 e. The zero-order chi connectivity index (χ0) is 15.3. The van der Waals surface area contributed by atoms with Crippen LogP contribution in [0.2, 0.25) is 0 Å². The third-order valence-corrected chi connectivity index (χ3v) is 5.63. The van der Waals surface area contributed by atoms with Gasteiger partial charge in [-0.1, -0.05) is 31.5 Å². The van der Waals surface area contributed by atoms with Gasteiger partial charge in [-0.2, -0.15) is 4.31 Å². The van der Waals surface area contributed by atoms with E-state index in [0.717, 1.165) is 12.8 Å². The maximum Gasteiger partial charge on any atom is 0.243 e. The lowest BCUT2D eigenvalue weighted by Gasteiger charge is -2.34. The number of sulfonamides is 1. The zero-order valence-corrected chi connectivity index (χ0v) is 13.2. The lowest BCUT2D eigenvalue weighted by molar-refractivity contribution is -0.132. The van der Waals surface area contributed by atoms with E-state index in [-0.39, 0.29) is 5.91 Å². The van der Waals surface area contributed by atoms with E-state index in [1.807, 2.05) is 0 Å². The minimum atomic E-state index is -3.43. The molecule has 1 aliphatic heterocycles. The van der Waals surface area contributed by atoms with Crippen LogP contribution in [0.1, 0.15) is 26.2 Å². The highest BCUT2D eigenvalue weighted by Crippen LogP contribution is 2.17. The van der Waals surface area contributed by atoms with Crippen LogP contribution in [-0.2, 0) is 14.8 Å². The molecule has 21 heavy (non-hydrogen) atoms. The SMILES string of the molecule is CCCCC(=O)N1CCN(S(=O)(=O)c2ccccc2)CC1. The van der Waals surface area contributed by atoms with E-state index in [2.05, 4.69) is 6.92 Å². The van der Waals surface area contributed by atoms with Gasteiger partial charge in [-0.05, 0) is 18.6 Å². The summed E-state index contributed by atoms with van der Waals surface area (Å²) in [6.45, 7) is 3.76. The summed E-state index contributed by atoms with van der Waals surface area (Å²) in [4.78, 5) is 14.0. The zero-order valence-electron chi connectivity index (χ0n) is 12.4. The monoisotopic (exact) mass is 310 g/mol. The first-order chi connectivity index (χ1) is 10.1. The van der Waals surface area contributed by atoms with Crippen LogP contribution in [0, 0.1) is 0 Å². The Labute approximate surface area is 126 Å². The van der Waals surface area contributed by atoms with Crippen molar-refractivity contribution < 1.29 is 13.2 Å². The maximum atomic E-state index is 12.5. The van der Waals surface area contributed by atoms with Crippen LogP contribution >= 0.6 is 0 Å². The predicted octanol–water partition coefficient (Wildman–Crippen LogP) is 1.71. The number of rotatable bonds is 5.